The maximum absolute atomic E-state index is 10.8. The molecule has 0 aliphatic rings. The van der Waals surface area contributed by atoms with Gasteiger partial charge in [-0.1, -0.05) is 5.21 Å². The Labute approximate surface area is 107 Å². The lowest BCUT2D eigenvalue weighted by atomic mass is 10.2. The van der Waals surface area contributed by atoms with Crippen molar-refractivity contribution in [3.05, 3.63) is 54.4 Å². The van der Waals surface area contributed by atoms with E-state index in [1.807, 2.05) is 0 Å². The van der Waals surface area contributed by atoms with E-state index in [4.69, 9.17) is 9.52 Å². The first-order chi connectivity index (χ1) is 9.24. The van der Waals surface area contributed by atoms with E-state index in [1.54, 1.807) is 41.4 Å². The van der Waals surface area contributed by atoms with Gasteiger partial charge in [-0.25, -0.2) is 9.48 Å². The highest BCUT2D eigenvalue weighted by molar-refractivity contribution is 5.87. The monoisotopic (exact) mass is 255 g/mol. The number of carbonyl (C=O) groups is 1. The minimum atomic E-state index is -0.957. The summed E-state index contributed by atoms with van der Waals surface area (Å²) in [6, 6.07) is 9.95. The summed E-state index contributed by atoms with van der Waals surface area (Å²) < 4.78 is 6.78. The van der Waals surface area contributed by atoms with Gasteiger partial charge in [-0.2, -0.15) is 0 Å². The smallest absolute Gasteiger partial charge is 0.335 e. The van der Waals surface area contributed by atoms with Crippen LogP contribution in [0.5, 0.6) is 0 Å². The Bertz CT molecular complexity index is 699. The molecule has 0 unspecified atom stereocenters. The normalized spacial score (nSPS) is 10.5. The van der Waals surface area contributed by atoms with Crippen molar-refractivity contribution in [3.63, 3.8) is 0 Å². The van der Waals surface area contributed by atoms with Crippen molar-refractivity contribution in [2.75, 3.05) is 0 Å². The number of hydrogen-bond acceptors (Lipinski definition) is 4. The van der Waals surface area contributed by atoms with Crippen molar-refractivity contribution in [3.8, 4) is 17.1 Å². The van der Waals surface area contributed by atoms with Crippen molar-refractivity contribution in [1.29, 1.82) is 0 Å². The van der Waals surface area contributed by atoms with E-state index in [0.29, 0.717) is 11.5 Å². The third-order valence-corrected chi connectivity index (χ3v) is 2.65. The molecule has 1 aromatic carbocycles. The van der Waals surface area contributed by atoms with Crippen LogP contribution >= 0.6 is 0 Å². The molecule has 2 aromatic heterocycles. The van der Waals surface area contributed by atoms with E-state index in [1.165, 1.54) is 12.1 Å². The van der Waals surface area contributed by atoms with Gasteiger partial charge < -0.3 is 9.52 Å². The van der Waals surface area contributed by atoms with Gasteiger partial charge in [0.15, 0.2) is 5.76 Å². The molecule has 0 spiro atoms. The Morgan fingerprint density at radius 1 is 1.21 bits per heavy atom. The molecule has 6 nitrogen and oxygen atoms in total. The maximum Gasteiger partial charge on any atom is 0.335 e. The fourth-order valence-corrected chi connectivity index (χ4v) is 1.68. The van der Waals surface area contributed by atoms with Crippen molar-refractivity contribution in [2.24, 2.45) is 0 Å². The Morgan fingerprint density at radius 3 is 2.63 bits per heavy atom. The highest BCUT2D eigenvalue weighted by Crippen LogP contribution is 2.18. The van der Waals surface area contributed by atoms with E-state index in [9.17, 15) is 4.79 Å². The molecule has 19 heavy (non-hydrogen) atoms. The number of furan rings is 1. The minimum Gasteiger partial charge on any atom is -0.478 e. The molecule has 3 aromatic rings. The molecule has 0 fully saturated rings. The van der Waals surface area contributed by atoms with Crippen molar-refractivity contribution >= 4 is 5.97 Å². The van der Waals surface area contributed by atoms with E-state index in [0.717, 1.165) is 5.69 Å². The second-order valence-electron chi connectivity index (χ2n) is 3.88. The zero-order chi connectivity index (χ0) is 13.2. The van der Waals surface area contributed by atoms with Gasteiger partial charge in [0.25, 0.3) is 0 Å². The predicted molar refractivity (Wildman–Crippen MR) is 66.0 cm³/mol. The lowest BCUT2D eigenvalue weighted by Gasteiger charge is -1.99. The highest BCUT2D eigenvalue weighted by Gasteiger charge is 2.08. The van der Waals surface area contributed by atoms with Gasteiger partial charge in [-0.15, -0.1) is 5.10 Å². The molecule has 0 atom stereocenters. The molecular weight excluding hydrogens is 246 g/mol. The molecule has 3 rings (SSSR count). The molecule has 6 heteroatoms. The summed E-state index contributed by atoms with van der Waals surface area (Å²) in [5.74, 6) is -0.324. The van der Waals surface area contributed by atoms with Crippen LogP contribution in [-0.4, -0.2) is 26.1 Å². The van der Waals surface area contributed by atoms with Gasteiger partial charge >= 0.3 is 5.97 Å². The third-order valence-electron chi connectivity index (χ3n) is 2.65. The SMILES string of the molecule is O=C(O)c1ccc(-n2cc(-c3ccco3)nn2)cc1. The molecule has 2 heterocycles. The Morgan fingerprint density at radius 2 is 2.00 bits per heavy atom. The van der Waals surface area contributed by atoms with Crippen LogP contribution in [0.2, 0.25) is 0 Å². The average Bonchev–Trinajstić information content (AvgIpc) is 3.10. The standard InChI is InChI=1S/C13H9N3O3/c17-13(18)9-3-5-10(6-4-9)16-8-11(14-15-16)12-2-1-7-19-12/h1-8H,(H,17,18). The lowest BCUT2D eigenvalue weighted by molar-refractivity contribution is 0.0697. The third kappa shape index (κ3) is 2.11. The van der Waals surface area contributed by atoms with E-state index >= 15 is 0 Å². The summed E-state index contributed by atoms with van der Waals surface area (Å²) >= 11 is 0. The largest absolute Gasteiger partial charge is 0.478 e. The highest BCUT2D eigenvalue weighted by atomic mass is 16.4. The zero-order valence-electron chi connectivity index (χ0n) is 9.72. The van der Waals surface area contributed by atoms with Gasteiger partial charge in [0, 0.05) is 0 Å². The quantitative estimate of drug-likeness (QED) is 0.776. The molecule has 0 aliphatic carbocycles. The second-order valence-corrected chi connectivity index (χ2v) is 3.88. The second kappa shape index (κ2) is 4.41. The van der Waals surface area contributed by atoms with Gasteiger partial charge in [0.1, 0.15) is 5.69 Å². The van der Waals surface area contributed by atoms with Crippen molar-refractivity contribution in [1.82, 2.24) is 15.0 Å². The van der Waals surface area contributed by atoms with Crippen LogP contribution < -0.4 is 0 Å². The number of benzene rings is 1. The molecule has 1 N–H and O–H groups in total. The number of hydrogen-bond donors (Lipinski definition) is 1. The summed E-state index contributed by atoms with van der Waals surface area (Å²) in [7, 11) is 0. The minimum absolute atomic E-state index is 0.232. The number of rotatable bonds is 3. The Kier molecular flexibility index (Phi) is 2.60. The summed E-state index contributed by atoms with van der Waals surface area (Å²) in [5, 5.41) is 16.8. The topological polar surface area (TPSA) is 81.1 Å². The molecule has 0 aliphatic heterocycles. The molecule has 0 saturated carbocycles. The van der Waals surface area contributed by atoms with Crippen LogP contribution in [0, 0.1) is 0 Å². The van der Waals surface area contributed by atoms with Crippen LogP contribution in [0.25, 0.3) is 17.1 Å². The van der Waals surface area contributed by atoms with Crippen molar-refractivity contribution < 1.29 is 14.3 Å². The van der Waals surface area contributed by atoms with Gasteiger partial charge in [-0.3, -0.25) is 0 Å². The summed E-state index contributed by atoms with van der Waals surface area (Å²) in [6.07, 6.45) is 3.28. The molecule has 0 bridgehead atoms. The van der Waals surface area contributed by atoms with Crippen molar-refractivity contribution in [2.45, 2.75) is 0 Å². The van der Waals surface area contributed by atoms with Crippen LogP contribution in [0.15, 0.2) is 53.3 Å². The Balaban J connectivity index is 1.92. The van der Waals surface area contributed by atoms with Gasteiger partial charge in [-0.05, 0) is 36.4 Å². The number of nitrogens with zero attached hydrogens (tertiary/aromatic N) is 3. The van der Waals surface area contributed by atoms with E-state index < -0.39 is 5.97 Å². The first-order valence-electron chi connectivity index (χ1n) is 5.54. The first kappa shape index (κ1) is 11.2. The first-order valence-corrected chi connectivity index (χ1v) is 5.54. The summed E-state index contributed by atoms with van der Waals surface area (Å²) in [4.78, 5) is 10.8. The predicted octanol–water partition coefficient (Wildman–Crippen LogP) is 2.23. The lowest BCUT2D eigenvalue weighted by Crippen LogP contribution is -1.98. The average molecular weight is 255 g/mol. The van der Waals surface area contributed by atoms with Gasteiger partial charge in [0.05, 0.1) is 23.7 Å². The Hall–Kier alpha value is -2.89. The molecule has 0 amide bonds. The van der Waals surface area contributed by atoms with E-state index in [2.05, 4.69) is 10.3 Å². The number of aromatic nitrogens is 3. The van der Waals surface area contributed by atoms with Gasteiger partial charge in [0.2, 0.25) is 0 Å². The summed E-state index contributed by atoms with van der Waals surface area (Å²) in [6.45, 7) is 0. The fraction of sp³-hybridized carbons (Fsp3) is 0. The van der Waals surface area contributed by atoms with Crippen LogP contribution in [0.1, 0.15) is 10.4 Å². The fourth-order valence-electron chi connectivity index (χ4n) is 1.68. The molecule has 0 radical (unpaired) electrons. The van der Waals surface area contributed by atoms with Crippen LogP contribution in [0.3, 0.4) is 0 Å². The van der Waals surface area contributed by atoms with Crippen LogP contribution in [-0.2, 0) is 0 Å². The molecular formula is C13H9N3O3. The maximum atomic E-state index is 10.8. The number of aromatic carboxylic acids is 1. The number of carboxylic acid groups (broad SMARTS) is 1. The van der Waals surface area contributed by atoms with E-state index in [-0.39, 0.29) is 5.56 Å². The molecule has 0 saturated heterocycles. The molecule has 94 valence electrons. The summed E-state index contributed by atoms with van der Waals surface area (Å²) in [5.41, 5.74) is 1.58. The van der Waals surface area contributed by atoms with Crippen LogP contribution in [0.4, 0.5) is 0 Å². The number of carboxylic acids is 1. The zero-order valence-corrected chi connectivity index (χ0v) is 9.72.